The lowest BCUT2D eigenvalue weighted by molar-refractivity contribution is 0.202. The van der Waals surface area contributed by atoms with E-state index in [9.17, 15) is 0 Å². The number of anilines is 1. The van der Waals surface area contributed by atoms with E-state index in [4.69, 9.17) is 10.5 Å². The van der Waals surface area contributed by atoms with Crippen LogP contribution in [-0.2, 0) is 11.2 Å². The highest BCUT2D eigenvalue weighted by atomic mass is 16.5. The molecule has 2 aromatic heterocycles. The first-order valence-corrected chi connectivity index (χ1v) is 4.39. The van der Waals surface area contributed by atoms with Gasteiger partial charge in [-0.25, -0.2) is 4.98 Å². The largest absolute Gasteiger partial charge is 0.384 e. The van der Waals surface area contributed by atoms with Gasteiger partial charge in [0.15, 0.2) is 5.65 Å². The van der Waals surface area contributed by atoms with E-state index < -0.39 is 0 Å². The van der Waals surface area contributed by atoms with Crippen molar-refractivity contribution in [1.82, 2.24) is 14.6 Å². The first kappa shape index (κ1) is 8.96. The Bertz CT molecular complexity index is 437. The van der Waals surface area contributed by atoms with Crippen LogP contribution < -0.4 is 5.73 Å². The molecule has 0 spiro atoms. The van der Waals surface area contributed by atoms with Crippen molar-refractivity contribution in [3.8, 4) is 0 Å². The van der Waals surface area contributed by atoms with E-state index in [0.717, 1.165) is 17.6 Å². The maximum Gasteiger partial charge on any atom is 0.160 e. The number of hydrogen-bond donors (Lipinski definition) is 1. The van der Waals surface area contributed by atoms with Gasteiger partial charge < -0.3 is 10.5 Å². The average molecular weight is 192 g/mol. The van der Waals surface area contributed by atoms with Gasteiger partial charge in [0.2, 0.25) is 0 Å². The molecule has 2 rings (SSSR count). The molecule has 0 bridgehead atoms. The summed E-state index contributed by atoms with van der Waals surface area (Å²) >= 11 is 0. The summed E-state index contributed by atoms with van der Waals surface area (Å²) in [6.45, 7) is 0.665. The Hall–Kier alpha value is -1.62. The molecule has 0 fully saturated rings. The monoisotopic (exact) mass is 192 g/mol. The van der Waals surface area contributed by atoms with Gasteiger partial charge >= 0.3 is 0 Å². The van der Waals surface area contributed by atoms with Gasteiger partial charge in [0.1, 0.15) is 5.82 Å². The van der Waals surface area contributed by atoms with Gasteiger partial charge in [0.25, 0.3) is 0 Å². The summed E-state index contributed by atoms with van der Waals surface area (Å²) in [5.74, 6) is 0.596. The van der Waals surface area contributed by atoms with E-state index >= 15 is 0 Å². The first-order valence-electron chi connectivity index (χ1n) is 4.39. The van der Waals surface area contributed by atoms with Crippen LogP contribution in [0.2, 0.25) is 0 Å². The zero-order valence-corrected chi connectivity index (χ0v) is 7.97. The number of hydrogen-bond acceptors (Lipinski definition) is 4. The lowest BCUT2D eigenvalue weighted by Gasteiger charge is -1.99. The third-order valence-corrected chi connectivity index (χ3v) is 2.08. The first-order chi connectivity index (χ1) is 6.83. The SMILES string of the molecule is COCCc1cnn2c(N)ccnc12. The molecular formula is C9H12N4O. The number of fused-ring (bicyclic) bond motifs is 1. The van der Waals surface area contributed by atoms with Crippen molar-refractivity contribution in [3.05, 3.63) is 24.0 Å². The normalized spacial score (nSPS) is 10.9. The van der Waals surface area contributed by atoms with Gasteiger partial charge in [-0.15, -0.1) is 0 Å². The third kappa shape index (κ3) is 1.42. The van der Waals surface area contributed by atoms with Crippen LogP contribution in [0.4, 0.5) is 5.82 Å². The highest BCUT2D eigenvalue weighted by Crippen LogP contribution is 2.11. The Morgan fingerprint density at radius 1 is 1.57 bits per heavy atom. The second-order valence-corrected chi connectivity index (χ2v) is 3.02. The molecule has 0 saturated carbocycles. The maximum absolute atomic E-state index is 5.73. The molecule has 14 heavy (non-hydrogen) atoms. The number of rotatable bonds is 3. The minimum absolute atomic E-state index is 0.596. The lowest BCUT2D eigenvalue weighted by atomic mass is 10.2. The van der Waals surface area contributed by atoms with Crippen LogP contribution in [0.5, 0.6) is 0 Å². The van der Waals surface area contributed by atoms with Crippen LogP contribution in [0.15, 0.2) is 18.5 Å². The van der Waals surface area contributed by atoms with E-state index in [-0.39, 0.29) is 0 Å². The molecule has 2 N–H and O–H groups in total. The minimum atomic E-state index is 0.596. The van der Waals surface area contributed by atoms with Crippen molar-refractivity contribution in [2.75, 3.05) is 19.5 Å². The zero-order valence-electron chi connectivity index (χ0n) is 7.97. The van der Waals surface area contributed by atoms with Gasteiger partial charge in [-0.2, -0.15) is 9.61 Å². The van der Waals surface area contributed by atoms with E-state index in [1.165, 1.54) is 0 Å². The highest BCUT2D eigenvalue weighted by Gasteiger charge is 2.05. The number of ether oxygens (including phenoxy) is 1. The van der Waals surface area contributed by atoms with Crippen molar-refractivity contribution in [3.63, 3.8) is 0 Å². The average Bonchev–Trinajstić information content (AvgIpc) is 2.60. The Balaban J connectivity index is 2.42. The molecule has 5 nitrogen and oxygen atoms in total. The Kier molecular flexibility index (Phi) is 2.32. The predicted octanol–water partition coefficient (Wildman–Crippen LogP) is 0.500. The summed E-state index contributed by atoms with van der Waals surface area (Å²) in [5, 5.41) is 4.14. The van der Waals surface area contributed by atoms with Crippen LogP contribution >= 0.6 is 0 Å². The molecule has 0 aliphatic rings. The predicted molar refractivity (Wildman–Crippen MR) is 53.0 cm³/mol. The summed E-state index contributed by atoms with van der Waals surface area (Å²) < 4.78 is 6.63. The Morgan fingerprint density at radius 3 is 3.21 bits per heavy atom. The standard InChI is InChI=1S/C9H12N4O/c1-14-5-3-7-6-12-13-8(10)2-4-11-9(7)13/h2,4,6H,3,5,10H2,1H3. The zero-order chi connectivity index (χ0) is 9.97. The van der Waals surface area contributed by atoms with Crippen molar-refractivity contribution >= 4 is 11.5 Å². The lowest BCUT2D eigenvalue weighted by Crippen LogP contribution is -2.00. The summed E-state index contributed by atoms with van der Waals surface area (Å²) in [7, 11) is 1.67. The quantitative estimate of drug-likeness (QED) is 0.769. The van der Waals surface area contributed by atoms with Gasteiger partial charge in [-0.05, 0) is 6.07 Å². The van der Waals surface area contributed by atoms with Gasteiger partial charge in [-0.1, -0.05) is 0 Å². The summed E-state index contributed by atoms with van der Waals surface area (Å²) in [6.07, 6.45) is 4.26. The van der Waals surface area contributed by atoms with Crippen LogP contribution in [0, 0.1) is 0 Å². The van der Waals surface area contributed by atoms with Crippen molar-refractivity contribution < 1.29 is 4.74 Å². The molecule has 0 unspecified atom stereocenters. The van der Waals surface area contributed by atoms with E-state index in [2.05, 4.69) is 10.1 Å². The molecule has 0 saturated heterocycles. The maximum atomic E-state index is 5.73. The topological polar surface area (TPSA) is 65.4 Å². The van der Waals surface area contributed by atoms with Crippen LogP contribution in [0.1, 0.15) is 5.56 Å². The molecular weight excluding hydrogens is 180 g/mol. The van der Waals surface area contributed by atoms with Crippen molar-refractivity contribution in [2.45, 2.75) is 6.42 Å². The summed E-state index contributed by atoms with van der Waals surface area (Å²) in [5.41, 5.74) is 7.59. The van der Waals surface area contributed by atoms with Gasteiger partial charge in [0.05, 0.1) is 12.8 Å². The minimum Gasteiger partial charge on any atom is -0.384 e. The number of nitrogen functional groups attached to an aromatic ring is 1. The van der Waals surface area contributed by atoms with Gasteiger partial charge in [-0.3, -0.25) is 0 Å². The second-order valence-electron chi connectivity index (χ2n) is 3.02. The van der Waals surface area contributed by atoms with Crippen molar-refractivity contribution in [2.24, 2.45) is 0 Å². The number of nitrogens with two attached hydrogens (primary N) is 1. The number of methoxy groups -OCH3 is 1. The molecule has 0 aromatic carbocycles. The molecule has 0 amide bonds. The molecule has 2 heterocycles. The molecule has 0 radical (unpaired) electrons. The van der Waals surface area contributed by atoms with Crippen LogP contribution in [0.25, 0.3) is 5.65 Å². The molecule has 2 aromatic rings. The fourth-order valence-corrected chi connectivity index (χ4v) is 1.35. The summed E-state index contributed by atoms with van der Waals surface area (Å²) in [4.78, 5) is 4.22. The van der Waals surface area contributed by atoms with E-state index in [0.29, 0.717) is 12.4 Å². The smallest absolute Gasteiger partial charge is 0.160 e. The van der Waals surface area contributed by atoms with E-state index in [1.807, 2.05) is 0 Å². The highest BCUT2D eigenvalue weighted by molar-refractivity contribution is 5.51. The van der Waals surface area contributed by atoms with Crippen LogP contribution in [0.3, 0.4) is 0 Å². The summed E-state index contributed by atoms with van der Waals surface area (Å²) in [6, 6.07) is 1.72. The molecule has 5 heteroatoms. The molecule has 74 valence electrons. The fraction of sp³-hybridized carbons (Fsp3) is 0.333. The number of nitrogens with zero attached hydrogens (tertiary/aromatic N) is 3. The molecule has 0 aliphatic carbocycles. The number of aromatic nitrogens is 3. The molecule has 0 atom stereocenters. The molecule has 0 aliphatic heterocycles. The Labute approximate surface area is 81.5 Å². The third-order valence-electron chi connectivity index (χ3n) is 2.08. The van der Waals surface area contributed by atoms with Crippen LogP contribution in [-0.4, -0.2) is 28.3 Å². The Morgan fingerprint density at radius 2 is 2.43 bits per heavy atom. The fourth-order valence-electron chi connectivity index (χ4n) is 1.35. The second kappa shape index (κ2) is 3.63. The van der Waals surface area contributed by atoms with Gasteiger partial charge in [0, 0.05) is 25.3 Å². The van der Waals surface area contributed by atoms with E-state index in [1.54, 1.807) is 30.1 Å². The van der Waals surface area contributed by atoms with Crippen molar-refractivity contribution in [1.29, 1.82) is 0 Å².